The molecule has 0 aliphatic rings. The highest BCUT2D eigenvalue weighted by atomic mass is 16.2. The van der Waals surface area contributed by atoms with E-state index in [2.05, 4.69) is 20.6 Å². The average Bonchev–Trinajstić information content (AvgIpc) is 2.43. The van der Waals surface area contributed by atoms with E-state index in [1.165, 1.54) is 18.2 Å². The third-order valence-electron chi connectivity index (χ3n) is 1.99. The molecule has 19 heavy (non-hydrogen) atoms. The molecule has 0 spiro atoms. The van der Waals surface area contributed by atoms with Crippen LogP contribution in [0.15, 0.2) is 28.2 Å². The number of carbonyl (C=O) groups excluding carboxylic acids is 3. The summed E-state index contributed by atoms with van der Waals surface area (Å²) in [6.45, 7) is 1.80. The summed E-state index contributed by atoms with van der Waals surface area (Å²) in [4.78, 5) is 36.7. The van der Waals surface area contributed by atoms with Crippen LogP contribution < -0.4 is 10.6 Å². The molecule has 7 heteroatoms. The predicted octanol–water partition coefficient (Wildman–Crippen LogP) is 1.47. The first-order valence-corrected chi connectivity index (χ1v) is 5.24. The van der Waals surface area contributed by atoms with Gasteiger partial charge < -0.3 is 10.6 Å². The van der Waals surface area contributed by atoms with Crippen LogP contribution in [0.5, 0.6) is 0 Å². The summed E-state index contributed by atoms with van der Waals surface area (Å²) in [6, 6.07) is 4.72. The molecule has 0 saturated carbocycles. The maximum absolute atomic E-state index is 10.00. The molecule has 2 N–H and O–H groups in total. The van der Waals surface area contributed by atoms with Gasteiger partial charge in [0.05, 0.1) is 11.4 Å². The fourth-order valence-corrected chi connectivity index (χ4v) is 1.01. The summed E-state index contributed by atoms with van der Waals surface area (Å²) in [5.74, 6) is 0. The number of rotatable bonds is 2. The summed E-state index contributed by atoms with van der Waals surface area (Å²) < 4.78 is 0. The number of aliphatic imine (C=N–C) groups is 2. The van der Waals surface area contributed by atoms with Crippen LogP contribution in [-0.2, 0) is 9.59 Å². The molecule has 2 amide bonds. The second-order valence-corrected chi connectivity index (χ2v) is 3.21. The number of nitrogens with zero attached hydrogens (tertiary/aromatic N) is 2. The van der Waals surface area contributed by atoms with Crippen molar-refractivity contribution >= 4 is 29.6 Å². The van der Waals surface area contributed by atoms with Crippen LogP contribution in [-0.4, -0.2) is 32.3 Å². The molecule has 0 fully saturated rings. The summed E-state index contributed by atoms with van der Waals surface area (Å²) in [6.07, 6.45) is 2.84. The number of urea groups is 1. The van der Waals surface area contributed by atoms with Crippen molar-refractivity contribution in [3.05, 3.63) is 23.8 Å². The maximum Gasteiger partial charge on any atom is 0.314 e. The second-order valence-electron chi connectivity index (χ2n) is 3.21. The highest BCUT2D eigenvalue weighted by Crippen LogP contribution is 2.23. The van der Waals surface area contributed by atoms with Crippen molar-refractivity contribution in [2.24, 2.45) is 9.98 Å². The molecular formula is C12H14N4O3. The number of hydrogen-bond acceptors (Lipinski definition) is 5. The Balaban J connectivity index is 0.000000459. The van der Waals surface area contributed by atoms with Crippen LogP contribution in [0.4, 0.5) is 16.2 Å². The standard InChI is InChI=1S/C9H6N2O2.C3H8N2O/c1-7-2-3-8(10-5-12)4-9(7)11-6-13;1-4-3(6)5-2/h2-4H,1H3;1-2H3,(H2,4,5,6). The number of amides is 2. The molecule has 0 heterocycles. The van der Waals surface area contributed by atoms with Crippen LogP contribution in [0.25, 0.3) is 0 Å². The largest absolute Gasteiger partial charge is 0.341 e. The van der Waals surface area contributed by atoms with Gasteiger partial charge in [0.1, 0.15) is 0 Å². The topological polar surface area (TPSA) is 100.0 Å². The Morgan fingerprint density at radius 1 is 1.11 bits per heavy atom. The predicted molar refractivity (Wildman–Crippen MR) is 70.3 cm³/mol. The lowest BCUT2D eigenvalue weighted by atomic mass is 10.2. The van der Waals surface area contributed by atoms with Crippen LogP contribution >= 0.6 is 0 Å². The molecule has 0 aliphatic carbocycles. The van der Waals surface area contributed by atoms with E-state index in [0.717, 1.165) is 5.56 Å². The molecule has 100 valence electrons. The summed E-state index contributed by atoms with van der Waals surface area (Å²) in [5, 5.41) is 4.73. The van der Waals surface area contributed by atoms with E-state index in [1.807, 2.05) is 0 Å². The quantitative estimate of drug-likeness (QED) is 0.623. The van der Waals surface area contributed by atoms with Gasteiger partial charge in [-0.1, -0.05) is 6.07 Å². The van der Waals surface area contributed by atoms with Gasteiger partial charge in [-0.3, -0.25) is 0 Å². The lowest BCUT2D eigenvalue weighted by Crippen LogP contribution is -2.28. The van der Waals surface area contributed by atoms with Gasteiger partial charge in [0.25, 0.3) is 0 Å². The van der Waals surface area contributed by atoms with Crippen LogP contribution in [0.1, 0.15) is 5.56 Å². The first-order valence-electron chi connectivity index (χ1n) is 5.24. The Hall–Kier alpha value is -2.75. The molecule has 0 bridgehead atoms. The minimum atomic E-state index is -0.157. The molecule has 0 atom stereocenters. The zero-order valence-electron chi connectivity index (χ0n) is 10.9. The highest BCUT2D eigenvalue weighted by Gasteiger charge is 1.97. The SMILES string of the molecule is CNC(=O)NC.Cc1ccc(N=C=O)cc1N=C=O. The van der Waals surface area contributed by atoms with E-state index in [4.69, 9.17) is 0 Å². The normalized spacial score (nSPS) is 7.95. The van der Waals surface area contributed by atoms with E-state index in [0.29, 0.717) is 11.4 Å². The smallest absolute Gasteiger partial charge is 0.314 e. The number of isocyanates is 2. The van der Waals surface area contributed by atoms with Crippen molar-refractivity contribution in [3.8, 4) is 0 Å². The number of hydrogen-bond donors (Lipinski definition) is 2. The Bertz CT molecular complexity index is 524. The van der Waals surface area contributed by atoms with E-state index in [-0.39, 0.29) is 6.03 Å². The lowest BCUT2D eigenvalue weighted by Gasteiger charge is -1.97. The van der Waals surface area contributed by atoms with Crippen LogP contribution in [0.2, 0.25) is 0 Å². The minimum absolute atomic E-state index is 0.157. The van der Waals surface area contributed by atoms with Gasteiger partial charge in [0, 0.05) is 14.1 Å². The molecule has 1 aromatic carbocycles. The van der Waals surface area contributed by atoms with Gasteiger partial charge in [-0.15, -0.1) is 0 Å². The van der Waals surface area contributed by atoms with Crippen molar-refractivity contribution in [2.75, 3.05) is 14.1 Å². The molecule has 1 rings (SSSR count). The van der Waals surface area contributed by atoms with E-state index in [9.17, 15) is 14.4 Å². The van der Waals surface area contributed by atoms with Gasteiger partial charge in [-0.25, -0.2) is 14.4 Å². The first-order chi connectivity index (χ1) is 9.08. The zero-order valence-corrected chi connectivity index (χ0v) is 10.9. The summed E-state index contributed by atoms with van der Waals surface area (Å²) in [7, 11) is 3.14. The molecule has 0 radical (unpaired) electrons. The van der Waals surface area contributed by atoms with Gasteiger partial charge >= 0.3 is 6.03 Å². The monoisotopic (exact) mass is 262 g/mol. The Kier molecular flexibility index (Phi) is 7.95. The number of nitrogens with one attached hydrogen (secondary N) is 2. The Morgan fingerprint density at radius 2 is 1.68 bits per heavy atom. The molecule has 0 aromatic heterocycles. The molecule has 1 aromatic rings. The van der Waals surface area contributed by atoms with Crippen molar-refractivity contribution in [3.63, 3.8) is 0 Å². The number of benzene rings is 1. The number of carbonyl (C=O) groups is 1. The zero-order chi connectivity index (χ0) is 14.7. The van der Waals surface area contributed by atoms with E-state index in [1.54, 1.807) is 33.2 Å². The van der Waals surface area contributed by atoms with E-state index >= 15 is 0 Å². The molecular weight excluding hydrogens is 248 g/mol. The molecule has 0 saturated heterocycles. The molecule has 0 aliphatic heterocycles. The molecule has 7 nitrogen and oxygen atoms in total. The fourth-order valence-electron chi connectivity index (χ4n) is 1.01. The minimum Gasteiger partial charge on any atom is -0.341 e. The van der Waals surface area contributed by atoms with Crippen molar-refractivity contribution < 1.29 is 14.4 Å². The maximum atomic E-state index is 10.00. The van der Waals surface area contributed by atoms with Gasteiger partial charge in [0.2, 0.25) is 12.2 Å². The lowest BCUT2D eigenvalue weighted by molar-refractivity contribution is 0.245. The van der Waals surface area contributed by atoms with E-state index < -0.39 is 0 Å². The van der Waals surface area contributed by atoms with Crippen molar-refractivity contribution in [2.45, 2.75) is 6.92 Å². The van der Waals surface area contributed by atoms with Crippen molar-refractivity contribution in [1.29, 1.82) is 0 Å². The Labute approximate surface area is 110 Å². The summed E-state index contributed by atoms with van der Waals surface area (Å²) >= 11 is 0. The van der Waals surface area contributed by atoms with Gasteiger partial charge in [-0.05, 0) is 24.6 Å². The third kappa shape index (κ3) is 6.53. The third-order valence-corrected chi connectivity index (χ3v) is 1.99. The van der Waals surface area contributed by atoms with Gasteiger partial charge in [-0.2, -0.15) is 9.98 Å². The fraction of sp³-hybridized carbons (Fsp3) is 0.250. The van der Waals surface area contributed by atoms with Crippen LogP contribution in [0, 0.1) is 6.92 Å². The molecule has 0 unspecified atom stereocenters. The highest BCUT2D eigenvalue weighted by molar-refractivity contribution is 5.72. The Morgan fingerprint density at radius 3 is 2.11 bits per heavy atom. The van der Waals surface area contributed by atoms with Crippen molar-refractivity contribution in [1.82, 2.24) is 10.6 Å². The number of aryl methyl sites for hydroxylation is 1. The summed E-state index contributed by atoms with van der Waals surface area (Å²) in [5.41, 5.74) is 1.72. The van der Waals surface area contributed by atoms with Crippen LogP contribution in [0.3, 0.4) is 0 Å². The first kappa shape index (κ1) is 16.2. The van der Waals surface area contributed by atoms with Gasteiger partial charge in [0.15, 0.2) is 0 Å². The average molecular weight is 262 g/mol. The second kappa shape index (κ2) is 9.30.